The van der Waals surface area contributed by atoms with Gasteiger partial charge in [0.2, 0.25) is 11.7 Å². The average molecular weight is 545 g/mol. The molecule has 40 heavy (non-hydrogen) atoms. The summed E-state index contributed by atoms with van der Waals surface area (Å²) >= 11 is 0. The zero-order valence-corrected chi connectivity index (χ0v) is 22.4. The van der Waals surface area contributed by atoms with Crippen molar-refractivity contribution in [3.8, 4) is 28.6 Å². The number of methoxy groups -OCH3 is 3. The largest absolute Gasteiger partial charge is 0.497 e. The number of para-hydroxylation sites is 1. The molecule has 5 aromatic rings. The molecule has 0 N–H and O–H groups in total. The number of fused-ring (bicyclic) bond motifs is 1. The highest BCUT2D eigenvalue weighted by Gasteiger charge is 2.21. The molecule has 1 saturated heterocycles. The SMILES string of the molecule is COc1cccc(N2CCN(c3cc4nn(Cc5nc(-c6cccc(OC)c6OC)no5)c(=O)n4cn3)CC2)c1. The number of hydrogen-bond donors (Lipinski definition) is 0. The molecule has 0 unspecified atom stereocenters. The van der Waals surface area contributed by atoms with E-state index in [0.717, 1.165) is 43.4 Å². The highest BCUT2D eigenvalue weighted by atomic mass is 16.5. The first-order valence-corrected chi connectivity index (χ1v) is 12.7. The van der Waals surface area contributed by atoms with Crippen LogP contribution < -0.4 is 29.7 Å². The van der Waals surface area contributed by atoms with Gasteiger partial charge in [-0.2, -0.15) is 4.98 Å². The van der Waals surface area contributed by atoms with Crippen LogP contribution in [0.5, 0.6) is 17.2 Å². The van der Waals surface area contributed by atoms with Crippen LogP contribution in [-0.4, -0.2) is 76.8 Å². The summed E-state index contributed by atoms with van der Waals surface area (Å²) in [5, 5.41) is 8.55. The lowest BCUT2D eigenvalue weighted by Gasteiger charge is -2.36. The topological polar surface area (TPSA) is 125 Å². The zero-order chi connectivity index (χ0) is 27.6. The van der Waals surface area contributed by atoms with Gasteiger partial charge in [0.05, 0.1) is 26.9 Å². The summed E-state index contributed by atoms with van der Waals surface area (Å²) in [6.45, 7) is 3.24. The third kappa shape index (κ3) is 4.65. The fraction of sp³-hybridized carbons (Fsp3) is 0.296. The van der Waals surface area contributed by atoms with E-state index in [0.29, 0.717) is 28.5 Å². The minimum atomic E-state index is -0.351. The minimum Gasteiger partial charge on any atom is -0.497 e. The smallest absolute Gasteiger partial charge is 0.352 e. The van der Waals surface area contributed by atoms with E-state index >= 15 is 0 Å². The van der Waals surface area contributed by atoms with E-state index < -0.39 is 0 Å². The molecule has 0 radical (unpaired) electrons. The number of aromatic nitrogens is 6. The lowest BCUT2D eigenvalue weighted by atomic mass is 10.1. The third-order valence-corrected chi connectivity index (χ3v) is 6.88. The van der Waals surface area contributed by atoms with E-state index in [-0.39, 0.29) is 18.1 Å². The van der Waals surface area contributed by atoms with Crippen molar-refractivity contribution < 1.29 is 18.7 Å². The Hall–Kier alpha value is -5.07. The maximum Gasteiger partial charge on any atom is 0.352 e. The lowest BCUT2D eigenvalue weighted by molar-refractivity contribution is 0.354. The van der Waals surface area contributed by atoms with Gasteiger partial charge < -0.3 is 28.5 Å². The van der Waals surface area contributed by atoms with Gasteiger partial charge in [0.1, 0.15) is 24.4 Å². The summed E-state index contributed by atoms with van der Waals surface area (Å²) < 4.78 is 24.3. The summed E-state index contributed by atoms with van der Waals surface area (Å²) in [6.07, 6.45) is 1.51. The van der Waals surface area contributed by atoms with E-state index in [1.807, 2.05) is 30.3 Å². The van der Waals surface area contributed by atoms with Crippen molar-refractivity contribution in [1.29, 1.82) is 0 Å². The Labute approximate surface area is 229 Å². The van der Waals surface area contributed by atoms with Gasteiger partial charge in [0.15, 0.2) is 17.1 Å². The van der Waals surface area contributed by atoms with Crippen LogP contribution in [0.2, 0.25) is 0 Å². The van der Waals surface area contributed by atoms with Crippen molar-refractivity contribution in [1.82, 2.24) is 29.3 Å². The van der Waals surface area contributed by atoms with Gasteiger partial charge in [-0.1, -0.05) is 17.3 Å². The predicted octanol–water partition coefficient (Wildman–Crippen LogP) is 2.34. The van der Waals surface area contributed by atoms with Gasteiger partial charge in [-0.25, -0.2) is 18.9 Å². The van der Waals surface area contributed by atoms with Gasteiger partial charge in [-0.3, -0.25) is 0 Å². The molecular formula is C27H28N8O5. The second-order valence-electron chi connectivity index (χ2n) is 9.14. The van der Waals surface area contributed by atoms with Crippen LogP contribution in [0.15, 0.2) is 64.2 Å². The summed E-state index contributed by atoms with van der Waals surface area (Å²) in [4.78, 5) is 26.5. The van der Waals surface area contributed by atoms with E-state index in [9.17, 15) is 4.79 Å². The zero-order valence-electron chi connectivity index (χ0n) is 22.4. The van der Waals surface area contributed by atoms with Crippen LogP contribution in [-0.2, 0) is 6.54 Å². The Kier molecular flexibility index (Phi) is 6.68. The van der Waals surface area contributed by atoms with Gasteiger partial charge in [-0.05, 0) is 24.3 Å². The monoisotopic (exact) mass is 544 g/mol. The van der Waals surface area contributed by atoms with Crippen molar-refractivity contribution in [2.45, 2.75) is 6.54 Å². The van der Waals surface area contributed by atoms with Crippen LogP contribution in [0, 0.1) is 0 Å². The molecule has 13 nitrogen and oxygen atoms in total. The van der Waals surface area contributed by atoms with E-state index in [2.05, 4.69) is 36.1 Å². The Bertz CT molecular complexity index is 1700. The molecule has 13 heteroatoms. The number of hydrogen-bond acceptors (Lipinski definition) is 11. The predicted molar refractivity (Wildman–Crippen MR) is 147 cm³/mol. The van der Waals surface area contributed by atoms with E-state index in [4.69, 9.17) is 18.7 Å². The molecule has 0 atom stereocenters. The van der Waals surface area contributed by atoms with Crippen LogP contribution in [0.1, 0.15) is 5.89 Å². The van der Waals surface area contributed by atoms with Crippen molar-refractivity contribution in [2.24, 2.45) is 0 Å². The molecule has 2 aromatic carbocycles. The van der Waals surface area contributed by atoms with Crippen LogP contribution >= 0.6 is 0 Å². The third-order valence-electron chi connectivity index (χ3n) is 6.88. The van der Waals surface area contributed by atoms with Crippen molar-refractivity contribution >= 4 is 17.2 Å². The Morgan fingerprint density at radius 3 is 2.50 bits per heavy atom. The van der Waals surface area contributed by atoms with Gasteiger partial charge in [0.25, 0.3) is 0 Å². The molecule has 1 aliphatic rings. The number of ether oxygens (including phenoxy) is 3. The summed E-state index contributed by atoms with van der Waals surface area (Å²) in [7, 11) is 4.77. The normalized spacial score (nSPS) is 13.6. The summed E-state index contributed by atoms with van der Waals surface area (Å²) in [6, 6.07) is 15.3. The highest BCUT2D eigenvalue weighted by molar-refractivity contribution is 5.68. The van der Waals surface area contributed by atoms with E-state index in [1.54, 1.807) is 33.5 Å². The Morgan fingerprint density at radius 2 is 1.73 bits per heavy atom. The van der Waals surface area contributed by atoms with Crippen LogP contribution in [0.3, 0.4) is 0 Å². The van der Waals surface area contributed by atoms with E-state index in [1.165, 1.54) is 15.4 Å². The number of rotatable bonds is 8. The molecule has 1 fully saturated rings. The molecule has 1 aliphatic heterocycles. The average Bonchev–Trinajstić information content (AvgIpc) is 3.60. The fourth-order valence-electron chi connectivity index (χ4n) is 4.81. The molecule has 3 aromatic heterocycles. The second-order valence-corrected chi connectivity index (χ2v) is 9.14. The number of anilines is 2. The maximum atomic E-state index is 13.0. The lowest BCUT2D eigenvalue weighted by Crippen LogP contribution is -2.46. The molecule has 6 rings (SSSR count). The molecule has 4 heterocycles. The molecule has 0 spiro atoms. The molecule has 0 amide bonds. The molecule has 0 aliphatic carbocycles. The number of nitrogens with zero attached hydrogens (tertiary/aromatic N) is 8. The van der Waals surface area contributed by atoms with Crippen LogP contribution in [0.4, 0.5) is 11.5 Å². The second kappa shape index (κ2) is 10.6. The molecule has 0 bridgehead atoms. The van der Waals surface area contributed by atoms with Crippen molar-refractivity contribution in [2.75, 3.05) is 57.3 Å². The quantitative estimate of drug-likeness (QED) is 0.286. The fourth-order valence-corrected chi connectivity index (χ4v) is 4.81. The minimum absolute atomic E-state index is 0.00828. The molecular weight excluding hydrogens is 516 g/mol. The van der Waals surface area contributed by atoms with Gasteiger partial charge in [-0.15, -0.1) is 5.10 Å². The van der Waals surface area contributed by atoms with Gasteiger partial charge >= 0.3 is 5.69 Å². The Morgan fingerprint density at radius 1 is 0.925 bits per heavy atom. The highest BCUT2D eigenvalue weighted by Crippen LogP contribution is 2.36. The van der Waals surface area contributed by atoms with Crippen molar-refractivity contribution in [3.63, 3.8) is 0 Å². The van der Waals surface area contributed by atoms with Gasteiger partial charge in [0, 0.05) is 44.0 Å². The summed E-state index contributed by atoms with van der Waals surface area (Å²) in [5.74, 6) is 3.19. The first-order valence-electron chi connectivity index (χ1n) is 12.7. The summed E-state index contributed by atoms with van der Waals surface area (Å²) in [5.41, 5.74) is 1.87. The number of piperazine rings is 1. The first kappa shape index (κ1) is 25.2. The van der Waals surface area contributed by atoms with Crippen molar-refractivity contribution in [3.05, 3.63) is 71.2 Å². The molecule has 0 saturated carbocycles. The maximum absolute atomic E-state index is 13.0. The first-order chi connectivity index (χ1) is 19.6. The number of benzene rings is 2. The Balaban J connectivity index is 1.18. The standard InChI is InChI=1S/C27H28N8O5/c1-37-19-7-4-6-18(14-19)32-10-12-33(13-11-32)22-15-23-30-35(27(36)34(23)17-28-22)16-24-29-26(31-40-24)20-8-5-9-21(38-2)25(20)39-3/h4-9,14-15,17H,10-13,16H2,1-3H3. The van der Waals surface area contributed by atoms with Crippen LogP contribution in [0.25, 0.3) is 17.0 Å². The molecule has 206 valence electrons.